The lowest BCUT2D eigenvalue weighted by Crippen LogP contribution is -2.37. The van der Waals surface area contributed by atoms with Crippen LogP contribution in [0.3, 0.4) is 0 Å². The van der Waals surface area contributed by atoms with E-state index in [0.717, 1.165) is 5.56 Å². The monoisotopic (exact) mass is 242 g/mol. The van der Waals surface area contributed by atoms with Crippen LogP contribution in [0.15, 0.2) is 29.2 Å². The van der Waals surface area contributed by atoms with Gasteiger partial charge < -0.3 is 5.32 Å². The van der Waals surface area contributed by atoms with E-state index in [4.69, 9.17) is 0 Å². The largest absolute Gasteiger partial charge is 0.316 e. The number of sulfonamides is 1. The molecule has 0 aromatic heterocycles. The van der Waals surface area contributed by atoms with Crippen molar-refractivity contribution >= 4 is 10.0 Å². The molecule has 0 aliphatic heterocycles. The summed E-state index contributed by atoms with van der Waals surface area (Å²) in [5, 5.41) is 2.97. The van der Waals surface area contributed by atoms with Gasteiger partial charge in [0.2, 0.25) is 10.0 Å². The van der Waals surface area contributed by atoms with Crippen LogP contribution >= 0.6 is 0 Å². The second-order valence-electron chi connectivity index (χ2n) is 3.86. The van der Waals surface area contributed by atoms with Crippen LogP contribution in [0.5, 0.6) is 0 Å². The molecule has 2 N–H and O–H groups in total. The highest BCUT2D eigenvalue weighted by Crippen LogP contribution is 2.10. The molecule has 1 rings (SSSR count). The van der Waals surface area contributed by atoms with Crippen molar-refractivity contribution in [1.82, 2.24) is 10.0 Å². The Balaban J connectivity index is 2.78. The highest BCUT2D eigenvalue weighted by atomic mass is 32.2. The van der Waals surface area contributed by atoms with E-state index in [0.29, 0.717) is 11.4 Å². The van der Waals surface area contributed by atoms with Gasteiger partial charge in [0.25, 0.3) is 0 Å². The lowest BCUT2D eigenvalue weighted by molar-refractivity contribution is 0.554. The smallest absolute Gasteiger partial charge is 0.240 e. The Hall–Kier alpha value is -0.910. The normalized spacial score (nSPS) is 13.7. The third-order valence-corrected chi connectivity index (χ3v) is 3.79. The Kier molecular flexibility index (Phi) is 4.46. The van der Waals surface area contributed by atoms with E-state index in [1.165, 1.54) is 0 Å². The quantitative estimate of drug-likeness (QED) is 0.806. The Morgan fingerprint density at radius 1 is 1.38 bits per heavy atom. The highest BCUT2D eigenvalue weighted by molar-refractivity contribution is 7.89. The molecule has 16 heavy (non-hydrogen) atoms. The first kappa shape index (κ1) is 13.2. The van der Waals surface area contributed by atoms with Crippen molar-refractivity contribution in [1.29, 1.82) is 0 Å². The van der Waals surface area contributed by atoms with Crippen molar-refractivity contribution in [2.45, 2.75) is 24.8 Å². The van der Waals surface area contributed by atoms with E-state index < -0.39 is 10.0 Å². The summed E-state index contributed by atoms with van der Waals surface area (Å²) in [4.78, 5) is 0.316. The fourth-order valence-electron chi connectivity index (χ4n) is 1.20. The number of benzene rings is 1. The summed E-state index contributed by atoms with van der Waals surface area (Å²) in [5.74, 6) is 0. The number of likely N-dealkylation sites (N-methyl/N-ethyl adjacent to an activating group) is 1. The van der Waals surface area contributed by atoms with Crippen LogP contribution in [-0.2, 0) is 10.0 Å². The van der Waals surface area contributed by atoms with Crippen LogP contribution in [0.25, 0.3) is 0 Å². The van der Waals surface area contributed by atoms with Gasteiger partial charge in [0.15, 0.2) is 0 Å². The lowest BCUT2D eigenvalue weighted by Gasteiger charge is -2.12. The molecule has 0 saturated heterocycles. The topological polar surface area (TPSA) is 58.2 Å². The molecule has 0 fully saturated rings. The summed E-state index contributed by atoms with van der Waals surface area (Å²) >= 11 is 0. The van der Waals surface area contributed by atoms with Crippen molar-refractivity contribution in [3.8, 4) is 0 Å². The number of rotatable bonds is 5. The maximum absolute atomic E-state index is 11.9. The SMILES string of the molecule is CNC(C)CNS(=O)(=O)c1cccc(C)c1. The first-order valence-corrected chi connectivity index (χ1v) is 6.67. The van der Waals surface area contributed by atoms with E-state index in [9.17, 15) is 8.42 Å². The summed E-state index contributed by atoms with van der Waals surface area (Å²) in [6.07, 6.45) is 0. The van der Waals surface area contributed by atoms with Gasteiger partial charge in [0, 0.05) is 12.6 Å². The predicted molar refractivity (Wildman–Crippen MR) is 64.9 cm³/mol. The minimum Gasteiger partial charge on any atom is -0.316 e. The number of nitrogens with one attached hydrogen (secondary N) is 2. The zero-order valence-electron chi connectivity index (χ0n) is 9.82. The molecule has 0 bridgehead atoms. The van der Waals surface area contributed by atoms with Gasteiger partial charge in [-0.3, -0.25) is 0 Å². The van der Waals surface area contributed by atoms with Gasteiger partial charge in [0.05, 0.1) is 4.90 Å². The average molecular weight is 242 g/mol. The molecule has 0 aliphatic rings. The lowest BCUT2D eigenvalue weighted by atomic mass is 10.2. The summed E-state index contributed by atoms with van der Waals surface area (Å²) in [7, 11) is -1.58. The molecule has 0 spiro atoms. The van der Waals surface area contributed by atoms with Gasteiger partial charge in [-0.25, -0.2) is 13.1 Å². The maximum Gasteiger partial charge on any atom is 0.240 e. The number of aryl methyl sites for hydroxylation is 1. The van der Waals surface area contributed by atoms with Crippen LogP contribution < -0.4 is 10.0 Å². The maximum atomic E-state index is 11.9. The van der Waals surface area contributed by atoms with Crippen LogP contribution in [-0.4, -0.2) is 28.1 Å². The molecule has 1 aromatic carbocycles. The summed E-state index contributed by atoms with van der Waals surface area (Å²) in [6, 6.07) is 6.98. The molecule has 0 saturated carbocycles. The Morgan fingerprint density at radius 3 is 2.62 bits per heavy atom. The summed E-state index contributed by atoms with van der Waals surface area (Å²) in [6.45, 7) is 4.17. The van der Waals surface area contributed by atoms with Crippen LogP contribution in [0, 0.1) is 6.92 Å². The summed E-state index contributed by atoms with van der Waals surface area (Å²) in [5.41, 5.74) is 0.935. The van der Waals surface area contributed by atoms with E-state index in [1.54, 1.807) is 25.2 Å². The highest BCUT2D eigenvalue weighted by Gasteiger charge is 2.14. The molecular formula is C11H18N2O2S. The van der Waals surface area contributed by atoms with Gasteiger partial charge in [-0.05, 0) is 38.6 Å². The minimum atomic E-state index is -3.38. The van der Waals surface area contributed by atoms with Crippen molar-refractivity contribution < 1.29 is 8.42 Å². The minimum absolute atomic E-state index is 0.111. The molecule has 1 atom stereocenters. The van der Waals surface area contributed by atoms with Gasteiger partial charge in [0.1, 0.15) is 0 Å². The molecular weight excluding hydrogens is 224 g/mol. The molecule has 4 nitrogen and oxygen atoms in total. The van der Waals surface area contributed by atoms with Crippen LogP contribution in [0.1, 0.15) is 12.5 Å². The first-order chi connectivity index (χ1) is 7.45. The van der Waals surface area contributed by atoms with Gasteiger partial charge in [-0.15, -0.1) is 0 Å². The molecule has 1 aromatic rings. The third-order valence-electron chi connectivity index (χ3n) is 2.37. The number of hydrogen-bond donors (Lipinski definition) is 2. The molecule has 5 heteroatoms. The Labute approximate surface area is 97.1 Å². The second-order valence-corrected chi connectivity index (χ2v) is 5.63. The van der Waals surface area contributed by atoms with Crippen molar-refractivity contribution in [3.63, 3.8) is 0 Å². The average Bonchev–Trinajstić information content (AvgIpc) is 2.26. The van der Waals surface area contributed by atoms with E-state index in [2.05, 4.69) is 10.0 Å². The van der Waals surface area contributed by atoms with Crippen molar-refractivity contribution in [2.24, 2.45) is 0 Å². The van der Waals surface area contributed by atoms with Gasteiger partial charge in [-0.2, -0.15) is 0 Å². The van der Waals surface area contributed by atoms with E-state index >= 15 is 0 Å². The molecule has 0 heterocycles. The Morgan fingerprint density at radius 2 is 2.06 bits per heavy atom. The zero-order valence-corrected chi connectivity index (χ0v) is 10.6. The van der Waals surface area contributed by atoms with Crippen molar-refractivity contribution in [3.05, 3.63) is 29.8 Å². The zero-order chi connectivity index (χ0) is 12.2. The van der Waals surface area contributed by atoms with Crippen LogP contribution in [0.4, 0.5) is 0 Å². The second kappa shape index (κ2) is 5.43. The fourth-order valence-corrected chi connectivity index (χ4v) is 2.44. The standard InChI is InChI=1S/C11H18N2O2S/c1-9-5-4-6-11(7-9)16(14,15)13-8-10(2)12-3/h4-7,10,12-13H,8H2,1-3H3. The van der Waals surface area contributed by atoms with Crippen molar-refractivity contribution in [2.75, 3.05) is 13.6 Å². The molecule has 0 radical (unpaired) electrons. The third kappa shape index (κ3) is 3.59. The fraction of sp³-hybridized carbons (Fsp3) is 0.455. The summed E-state index contributed by atoms with van der Waals surface area (Å²) < 4.78 is 26.3. The van der Waals surface area contributed by atoms with Gasteiger partial charge in [-0.1, -0.05) is 12.1 Å². The van der Waals surface area contributed by atoms with E-state index in [1.807, 2.05) is 19.9 Å². The van der Waals surface area contributed by atoms with Crippen LogP contribution in [0.2, 0.25) is 0 Å². The molecule has 1 unspecified atom stereocenters. The van der Waals surface area contributed by atoms with Gasteiger partial charge >= 0.3 is 0 Å². The predicted octanol–water partition coefficient (Wildman–Crippen LogP) is 0.881. The molecule has 0 aliphatic carbocycles. The Bertz CT molecular complexity index is 443. The molecule has 0 amide bonds. The van der Waals surface area contributed by atoms with E-state index in [-0.39, 0.29) is 6.04 Å². The number of hydrogen-bond acceptors (Lipinski definition) is 3. The molecule has 90 valence electrons. The first-order valence-electron chi connectivity index (χ1n) is 5.19.